The highest BCUT2D eigenvalue weighted by Crippen LogP contribution is 2.28. The molecule has 0 spiro atoms. The molecule has 2 heterocycles. The number of hydrogen-bond acceptors (Lipinski definition) is 4. The number of methoxy groups -OCH3 is 1. The van der Waals surface area contributed by atoms with Crippen LogP contribution in [0.25, 0.3) is 22.3 Å². The summed E-state index contributed by atoms with van der Waals surface area (Å²) < 4.78 is 8.05. The second kappa shape index (κ2) is 6.24. The molecule has 4 aromatic rings. The lowest BCUT2D eigenvalue weighted by atomic mass is 10.1. The van der Waals surface area contributed by atoms with Gasteiger partial charge in [-0.2, -0.15) is 5.10 Å². The Kier molecular flexibility index (Phi) is 3.89. The van der Waals surface area contributed by atoms with E-state index in [1.165, 1.54) is 24.1 Å². The van der Waals surface area contributed by atoms with Gasteiger partial charge in [-0.15, -0.1) is 0 Å². The summed E-state index contributed by atoms with van der Waals surface area (Å²) >= 11 is 5.93. The second-order valence-corrected chi connectivity index (χ2v) is 6.16. The van der Waals surface area contributed by atoms with Crippen LogP contribution in [0, 0.1) is 0 Å². The fourth-order valence-corrected chi connectivity index (χ4v) is 2.92. The quantitative estimate of drug-likeness (QED) is 0.601. The van der Waals surface area contributed by atoms with Crippen LogP contribution in [0.15, 0.2) is 65.8 Å². The minimum absolute atomic E-state index is 0.00560. The third-order valence-electron chi connectivity index (χ3n) is 4.15. The van der Waals surface area contributed by atoms with Crippen molar-refractivity contribution in [2.45, 2.75) is 0 Å². The van der Waals surface area contributed by atoms with Crippen LogP contribution in [0.1, 0.15) is 0 Å². The molecule has 4 rings (SSSR count). The van der Waals surface area contributed by atoms with Gasteiger partial charge in [-0.05, 0) is 35.9 Å². The minimum atomic E-state index is -0.229. The highest BCUT2D eigenvalue weighted by atomic mass is 35.5. The number of fused-ring (bicyclic) bond motifs is 1. The Balaban J connectivity index is 1.85. The molecule has 2 aromatic heterocycles. The topological polar surface area (TPSA) is 68.8 Å². The van der Waals surface area contributed by atoms with Crippen LogP contribution in [0.5, 0.6) is 11.5 Å². The molecular formula is C19H14ClN3O3. The normalized spacial score (nSPS) is 11.0. The van der Waals surface area contributed by atoms with Crippen LogP contribution in [-0.2, 0) is 0 Å². The molecule has 26 heavy (non-hydrogen) atoms. The van der Waals surface area contributed by atoms with Gasteiger partial charge in [-0.1, -0.05) is 23.7 Å². The van der Waals surface area contributed by atoms with Crippen LogP contribution in [-0.4, -0.2) is 26.4 Å². The third-order valence-corrected chi connectivity index (χ3v) is 4.40. The monoisotopic (exact) mass is 367 g/mol. The average Bonchev–Trinajstić information content (AvgIpc) is 3.08. The molecule has 0 bridgehead atoms. The van der Waals surface area contributed by atoms with E-state index < -0.39 is 0 Å². The van der Waals surface area contributed by atoms with Gasteiger partial charge in [0.05, 0.1) is 12.8 Å². The van der Waals surface area contributed by atoms with Crippen molar-refractivity contribution in [1.29, 1.82) is 0 Å². The van der Waals surface area contributed by atoms with Crippen LogP contribution < -0.4 is 10.3 Å². The van der Waals surface area contributed by atoms with E-state index in [0.29, 0.717) is 16.2 Å². The first kappa shape index (κ1) is 16.2. The number of phenolic OH excluding ortho intramolecular Hbond substituents is 1. The Morgan fingerprint density at radius 3 is 2.58 bits per heavy atom. The molecule has 130 valence electrons. The molecule has 1 N–H and O–H groups in total. The summed E-state index contributed by atoms with van der Waals surface area (Å²) in [5.74, 6) is 0.289. The van der Waals surface area contributed by atoms with Gasteiger partial charge in [0, 0.05) is 22.8 Å². The lowest BCUT2D eigenvalue weighted by Gasteiger charge is -2.08. The fourth-order valence-electron chi connectivity index (χ4n) is 2.79. The Bertz CT molecular complexity index is 1160. The number of nitrogens with zero attached hydrogens (tertiary/aromatic N) is 3. The van der Waals surface area contributed by atoms with E-state index in [4.69, 9.17) is 16.3 Å². The third kappa shape index (κ3) is 2.70. The molecule has 0 unspecified atom stereocenters. The van der Waals surface area contributed by atoms with Gasteiger partial charge in [0.1, 0.15) is 11.8 Å². The Hall–Kier alpha value is -3.25. The minimum Gasteiger partial charge on any atom is -0.504 e. The fraction of sp³-hybridized carbons (Fsp3) is 0.0526. The SMILES string of the molecule is COc1cc(-n2cnn3cc(-c4ccc(Cl)cc4)cc3c2=O)ccc1O. The molecule has 0 saturated carbocycles. The highest BCUT2D eigenvalue weighted by molar-refractivity contribution is 6.30. The van der Waals surface area contributed by atoms with Crippen LogP contribution in [0.3, 0.4) is 0 Å². The van der Waals surface area contributed by atoms with E-state index in [1.807, 2.05) is 12.1 Å². The molecule has 0 amide bonds. The highest BCUT2D eigenvalue weighted by Gasteiger charge is 2.11. The number of aromatic nitrogens is 3. The van der Waals surface area contributed by atoms with Crippen LogP contribution in [0.2, 0.25) is 5.02 Å². The van der Waals surface area contributed by atoms with Gasteiger partial charge in [0.25, 0.3) is 5.56 Å². The van der Waals surface area contributed by atoms with E-state index in [9.17, 15) is 9.90 Å². The Morgan fingerprint density at radius 2 is 1.85 bits per heavy atom. The van der Waals surface area contributed by atoms with Crippen molar-refractivity contribution in [2.24, 2.45) is 0 Å². The predicted octanol–water partition coefficient (Wildman–Crippen LogP) is 3.52. The smallest absolute Gasteiger partial charge is 0.282 e. The maximum atomic E-state index is 12.9. The lowest BCUT2D eigenvalue weighted by Crippen LogP contribution is -2.20. The van der Waals surface area contributed by atoms with Crippen molar-refractivity contribution < 1.29 is 9.84 Å². The number of benzene rings is 2. The second-order valence-electron chi connectivity index (χ2n) is 5.73. The van der Waals surface area contributed by atoms with Crippen molar-refractivity contribution in [3.05, 3.63) is 76.4 Å². The van der Waals surface area contributed by atoms with Crippen molar-refractivity contribution >= 4 is 17.1 Å². The number of aromatic hydroxyl groups is 1. The number of hydrogen-bond donors (Lipinski definition) is 1. The van der Waals surface area contributed by atoms with Crippen LogP contribution >= 0.6 is 11.6 Å². The molecule has 2 aromatic carbocycles. The largest absolute Gasteiger partial charge is 0.504 e. The molecule has 0 aliphatic carbocycles. The zero-order valence-corrected chi connectivity index (χ0v) is 14.5. The summed E-state index contributed by atoms with van der Waals surface area (Å²) in [5.41, 5.74) is 2.57. The van der Waals surface area contributed by atoms with Gasteiger partial charge >= 0.3 is 0 Å². The standard InChI is InChI=1S/C19H14ClN3O3/c1-26-18-9-15(6-7-17(18)24)22-11-21-23-10-13(8-16(23)19(22)25)12-2-4-14(20)5-3-12/h2-11,24H,1H3. The average molecular weight is 368 g/mol. The van der Waals surface area contributed by atoms with E-state index in [-0.39, 0.29) is 17.1 Å². The van der Waals surface area contributed by atoms with Crippen molar-refractivity contribution in [1.82, 2.24) is 14.2 Å². The summed E-state index contributed by atoms with van der Waals surface area (Å²) in [5, 5.41) is 14.7. The van der Waals surface area contributed by atoms with Crippen LogP contribution in [0.4, 0.5) is 0 Å². The van der Waals surface area contributed by atoms with Crippen molar-refractivity contribution in [2.75, 3.05) is 7.11 Å². The Morgan fingerprint density at radius 1 is 1.08 bits per heavy atom. The van der Waals surface area contributed by atoms with Gasteiger partial charge in [0.15, 0.2) is 11.5 Å². The zero-order chi connectivity index (χ0) is 18.3. The molecular weight excluding hydrogens is 354 g/mol. The summed E-state index contributed by atoms with van der Waals surface area (Å²) in [6.07, 6.45) is 3.23. The molecule has 0 fully saturated rings. The lowest BCUT2D eigenvalue weighted by molar-refractivity contribution is 0.373. The van der Waals surface area contributed by atoms with E-state index in [1.54, 1.807) is 41.0 Å². The molecule has 7 heteroatoms. The Labute approximate surface area is 153 Å². The summed E-state index contributed by atoms with van der Waals surface area (Å²) in [6, 6.07) is 13.8. The first-order valence-corrected chi connectivity index (χ1v) is 8.18. The van der Waals surface area contributed by atoms with E-state index >= 15 is 0 Å². The number of phenols is 1. The predicted molar refractivity (Wildman–Crippen MR) is 99.5 cm³/mol. The number of ether oxygens (including phenoxy) is 1. The maximum Gasteiger partial charge on any atom is 0.282 e. The molecule has 0 aliphatic heterocycles. The van der Waals surface area contributed by atoms with Gasteiger partial charge in [-0.3, -0.25) is 9.36 Å². The molecule has 0 aliphatic rings. The van der Waals surface area contributed by atoms with Gasteiger partial charge < -0.3 is 9.84 Å². The van der Waals surface area contributed by atoms with Gasteiger partial charge in [-0.25, -0.2) is 4.52 Å². The van der Waals surface area contributed by atoms with E-state index in [2.05, 4.69) is 5.10 Å². The first-order chi connectivity index (χ1) is 12.6. The van der Waals surface area contributed by atoms with Crippen molar-refractivity contribution in [3.8, 4) is 28.3 Å². The maximum absolute atomic E-state index is 12.9. The molecule has 0 saturated heterocycles. The van der Waals surface area contributed by atoms with E-state index in [0.717, 1.165) is 11.1 Å². The molecule has 0 radical (unpaired) electrons. The molecule has 0 atom stereocenters. The van der Waals surface area contributed by atoms with Gasteiger partial charge in [0.2, 0.25) is 0 Å². The zero-order valence-electron chi connectivity index (χ0n) is 13.8. The summed E-state index contributed by atoms with van der Waals surface area (Å²) in [7, 11) is 1.45. The summed E-state index contributed by atoms with van der Waals surface area (Å²) in [6.45, 7) is 0. The van der Waals surface area contributed by atoms with Crippen molar-refractivity contribution in [3.63, 3.8) is 0 Å². The first-order valence-electron chi connectivity index (χ1n) is 7.80. The number of rotatable bonds is 3. The molecule has 6 nitrogen and oxygen atoms in total. The summed E-state index contributed by atoms with van der Waals surface area (Å²) in [4.78, 5) is 12.9. The number of halogens is 1.